The second-order valence-electron chi connectivity index (χ2n) is 3.98. The third kappa shape index (κ3) is 2.57. The minimum absolute atomic E-state index is 0.240. The molecule has 0 radical (unpaired) electrons. The third-order valence-electron chi connectivity index (χ3n) is 2.57. The molecule has 100 valence electrons. The van der Waals surface area contributed by atoms with Gasteiger partial charge in [-0.3, -0.25) is 0 Å². The van der Waals surface area contributed by atoms with Crippen molar-refractivity contribution in [3.8, 4) is 11.4 Å². The summed E-state index contributed by atoms with van der Waals surface area (Å²) in [5.74, 6) is -1.26. The number of hydrogen-bond donors (Lipinski definition) is 1. The smallest absolute Gasteiger partial charge is 0.341 e. The van der Waals surface area contributed by atoms with Gasteiger partial charge in [0.25, 0.3) is 0 Å². The second kappa shape index (κ2) is 5.09. The molecular weight excluding hydrogens is 251 g/mol. The van der Waals surface area contributed by atoms with E-state index < -0.39 is 11.8 Å². The van der Waals surface area contributed by atoms with Crippen LogP contribution in [0.1, 0.15) is 22.8 Å². The molecule has 5 nitrogen and oxygen atoms in total. The van der Waals surface area contributed by atoms with E-state index in [1.165, 1.54) is 23.1 Å². The number of esters is 1. The summed E-state index contributed by atoms with van der Waals surface area (Å²) in [7, 11) is 0. The summed E-state index contributed by atoms with van der Waals surface area (Å²) in [5, 5.41) is 13.7. The topological polar surface area (TPSA) is 64.3 Å². The fourth-order valence-corrected chi connectivity index (χ4v) is 1.78. The summed E-state index contributed by atoms with van der Waals surface area (Å²) in [4.78, 5) is 11.5. The lowest BCUT2D eigenvalue weighted by atomic mass is 10.2. The molecule has 0 amide bonds. The molecule has 2 aromatic rings. The fraction of sp³-hybridized carbons (Fsp3) is 0.231. The number of ether oxygens (including phenoxy) is 1. The van der Waals surface area contributed by atoms with Gasteiger partial charge in [0.2, 0.25) is 0 Å². The normalized spacial score (nSPS) is 10.5. The molecule has 0 unspecified atom stereocenters. The molecule has 0 saturated heterocycles. The molecule has 1 aromatic carbocycles. The van der Waals surface area contributed by atoms with Crippen LogP contribution < -0.4 is 0 Å². The van der Waals surface area contributed by atoms with E-state index in [1.807, 2.05) is 0 Å². The number of aromatic nitrogens is 2. The molecule has 0 fully saturated rings. The average molecular weight is 264 g/mol. The summed E-state index contributed by atoms with van der Waals surface area (Å²) in [6, 6.07) is 2.27. The Balaban J connectivity index is 2.41. The number of benzene rings is 1. The van der Waals surface area contributed by atoms with Crippen molar-refractivity contribution in [2.24, 2.45) is 0 Å². The number of hydrogen-bond acceptors (Lipinski definition) is 4. The Morgan fingerprint density at radius 2 is 2.26 bits per heavy atom. The SMILES string of the molecule is CCOC(=O)c1cnn(-c2c(C)cc(F)cc2O)c1. The zero-order chi connectivity index (χ0) is 14.0. The van der Waals surface area contributed by atoms with Gasteiger partial charge in [-0.2, -0.15) is 5.10 Å². The van der Waals surface area contributed by atoms with E-state index in [4.69, 9.17) is 4.74 Å². The van der Waals surface area contributed by atoms with Gasteiger partial charge in [-0.25, -0.2) is 13.9 Å². The molecular formula is C13H13FN2O3. The predicted molar refractivity (Wildman–Crippen MR) is 65.9 cm³/mol. The number of halogens is 1. The maximum absolute atomic E-state index is 13.1. The number of aromatic hydroxyl groups is 1. The molecule has 0 atom stereocenters. The Hall–Kier alpha value is -2.37. The maximum atomic E-state index is 13.1. The van der Waals surface area contributed by atoms with Gasteiger partial charge in [0.15, 0.2) is 0 Å². The largest absolute Gasteiger partial charge is 0.506 e. The zero-order valence-electron chi connectivity index (χ0n) is 10.6. The van der Waals surface area contributed by atoms with Crippen LogP contribution >= 0.6 is 0 Å². The van der Waals surface area contributed by atoms with Crippen molar-refractivity contribution >= 4 is 5.97 Å². The summed E-state index contributed by atoms with van der Waals surface area (Å²) in [6.07, 6.45) is 2.76. The first-order chi connectivity index (χ1) is 9.02. The van der Waals surface area contributed by atoms with Gasteiger partial charge in [-0.1, -0.05) is 0 Å². The first-order valence-electron chi connectivity index (χ1n) is 5.74. The van der Waals surface area contributed by atoms with Crippen LogP contribution in [0.25, 0.3) is 5.69 Å². The van der Waals surface area contributed by atoms with Crippen molar-refractivity contribution in [2.45, 2.75) is 13.8 Å². The first-order valence-corrected chi connectivity index (χ1v) is 5.74. The van der Waals surface area contributed by atoms with Crippen LogP contribution in [0.4, 0.5) is 4.39 Å². The zero-order valence-corrected chi connectivity index (χ0v) is 10.6. The van der Waals surface area contributed by atoms with E-state index >= 15 is 0 Å². The van der Waals surface area contributed by atoms with Crippen molar-refractivity contribution in [3.05, 3.63) is 41.5 Å². The molecule has 1 heterocycles. The van der Waals surface area contributed by atoms with Crippen LogP contribution in [0.5, 0.6) is 5.75 Å². The fourth-order valence-electron chi connectivity index (χ4n) is 1.78. The van der Waals surface area contributed by atoms with E-state index in [0.717, 1.165) is 6.07 Å². The number of carbonyl (C=O) groups is 1. The molecule has 0 aliphatic rings. The van der Waals surface area contributed by atoms with Gasteiger partial charge >= 0.3 is 5.97 Å². The standard InChI is InChI=1S/C13H13FN2O3/c1-3-19-13(18)9-6-15-16(7-9)12-8(2)4-10(14)5-11(12)17/h4-7,17H,3H2,1-2H3. The highest BCUT2D eigenvalue weighted by atomic mass is 19.1. The second-order valence-corrected chi connectivity index (χ2v) is 3.98. The highest BCUT2D eigenvalue weighted by molar-refractivity contribution is 5.88. The van der Waals surface area contributed by atoms with Gasteiger partial charge in [0.05, 0.1) is 18.4 Å². The first kappa shape index (κ1) is 13.1. The number of phenols is 1. The molecule has 0 aliphatic carbocycles. The van der Waals surface area contributed by atoms with Gasteiger partial charge in [-0.15, -0.1) is 0 Å². The summed E-state index contributed by atoms with van der Waals surface area (Å²) >= 11 is 0. The van der Waals surface area contributed by atoms with Crippen LogP contribution in [0.15, 0.2) is 24.5 Å². The molecule has 6 heteroatoms. The van der Waals surface area contributed by atoms with Crippen molar-refractivity contribution in [2.75, 3.05) is 6.61 Å². The third-order valence-corrected chi connectivity index (χ3v) is 2.57. The van der Waals surface area contributed by atoms with E-state index in [-0.39, 0.29) is 17.9 Å². The van der Waals surface area contributed by atoms with Crippen LogP contribution in [0, 0.1) is 12.7 Å². The molecule has 0 saturated carbocycles. The van der Waals surface area contributed by atoms with Gasteiger partial charge in [0, 0.05) is 12.3 Å². The number of rotatable bonds is 3. The number of aryl methyl sites for hydroxylation is 1. The van der Waals surface area contributed by atoms with Crippen LogP contribution in [0.3, 0.4) is 0 Å². The van der Waals surface area contributed by atoms with E-state index in [1.54, 1.807) is 13.8 Å². The lowest BCUT2D eigenvalue weighted by Crippen LogP contribution is -2.03. The van der Waals surface area contributed by atoms with E-state index in [9.17, 15) is 14.3 Å². The number of carbonyl (C=O) groups excluding carboxylic acids is 1. The van der Waals surface area contributed by atoms with Crippen molar-refractivity contribution in [1.82, 2.24) is 9.78 Å². The lowest BCUT2D eigenvalue weighted by molar-refractivity contribution is 0.0526. The molecule has 2 rings (SSSR count). The number of nitrogens with zero attached hydrogens (tertiary/aromatic N) is 2. The minimum atomic E-state index is -0.531. The van der Waals surface area contributed by atoms with Crippen LogP contribution in [-0.4, -0.2) is 27.5 Å². The molecule has 1 aromatic heterocycles. The van der Waals surface area contributed by atoms with Gasteiger partial charge < -0.3 is 9.84 Å². The summed E-state index contributed by atoms with van der Waals surface area (Å²) in [6.45, 7) is 3.62. The molecule has 1 N–H and O–H groups in total. The van der Waals surface area contributed by atoms with Gasteiger partial charge in [0.1, 0.15) is 17.3 Å². The summed E-state index contributed by atoms with van der Waals surface area (Å²) in [5.41, 5.74) is 1.11. The Kier molecular flexibility index (Phi) is 3.50. The molecule has 19 heavy (non-hydrogen) atoms. The predicted octanol–water partition coefficient (Wildman–Crippen LogP) is 2.20. The molecule has 0 spiro atoms. The van der Waals surface area contributed by atoms with Crippen molar-refractivity contribution < 1.29 is 19.0 Å². The Labute approximate surface area is 109 Å². The lowest BCUT2D eigenvalue weighted by Gasteiger charge is -2.08. The highest BCUT2D eigenvalue weighted by Gasteiger charge is 2.14. The van der Waals surface area contributed by atoms with Crippen molar-refractivity contribution in [1.29, 1.82) is 0 Å². The van der Waals surface area contributed by atoms with Crippen molar-refractivity contribution in [3.63, 3.8) is 0 Å². The average Bonchev–Trinajstić information content (AvgIpc) is 2.77. The minimum Gasteiger partial charge on any atom is -0.506 e. The molecule has 0 bridgehead atoms. The van der Waals surface area contributed by atoms with E-state index in [0.29, 0.717) is 11.3 Å². The molecule has 0 aliphatic heterocycles. The van der Waals surface area contributed by atoms with E-state index in [2.05, 4.69) is 5.10 Å². The van der Waals surface area contributed by atoms with Crippen LogP contribution in [-0.2, 0) is 4.74 Å². The van der Waals surface area contributed by atoms with Gasteiger partial charge in [-0.05, 0) is 25.5 Å². The van der Waals surface area contributed by atoms with Crippen LogP contribution in [0.2, 0.25) is 0 Å². The number of phenolic OH excluding ortho intramolecular Hbond substituents is 1. The highest BCUT2D eigenvalue weighted by Crippen LogP contribution is 2.26. The quantitative estimate of drug-likeness (QED) is 0.863. The Morgan fingerprint density at radius 3 is 2.89 bits per heavy atom. The monoisotopic (exact) mass is 264 g/mol. The summed E-state index contributed by atoms with van der Waals surface area (Å²) < 4.78 is 19.3. The Morgan fingerprint density at radius 1 is 1.53 bits per heavy atom. The maximum Gasteiger partial charge on any atom is 0.341 e. The Bertz CT molecular complexity index is 599.